The summed E-state index contributed by atoms with van der Waals surface area (Å²) >= 11 is 0. The summed E-state index contributed by atoms with van der Waals surface area (Å²) in [5.74, 6) is 0. The number of nitriles is 1. The van der Waals surface area contributed by atoms with Crippen LogP contribution in [0, 0.1) is 11.3 Å². The van der Waals surface area contributed by atoms with E-state index >= 15 is 0 Å². The van der Waals surface area contributed by atoms with Crippen molar-refractivity contribution < 1.29 is 8.42 Å². The molecule has 0 saturated carbocycles. The molecule has 2 rings (SSSR count). The number of piperidine rings is 1. The first-order valence-electron chi connectivity index (χ1n) is 5.71. The third-order valence-corrected chi connectivity index (χ3v) is 4.29. The fourth-order valence-electron chi connectivity index (χ4n) is 1.85. The molecule has 1 fully saturated rings. The first kappa shape index (κ1) is 13.0. The highest BCUT2D eigenvalue weighted by Crippen LogP contribution is 2.10. The minimum atomic E-state index is -3.55. The van der Waals surface area contributed by atoms with Crippen LogP contribution in [0.3, 0.4) is 0 Å². The van der Waals surface area contributed by atoms with Gasteiger partial charge in [-0.3, -0.25) is 0 Å². The van der Waals surface area contributed by atoms with Gasteiger partial charge in [-0.1, -0.05) is 0 Å². The molecule has 1 unspecified atom stereocenters. The molecule has 1 atom stereocenters. The van der Waals surface area contributed by atoms with Crippen molar-refractivity contribution in [3.05, 3.63) is 24.0 Å². The molecule has 1 aliphatic heterocycles. The summed E-state index contributed by atoms with van der Waals surface area (Å²) in [5, 5.41) is 11.7. The van der Waals surface area contributed by atoms with Gasteiger partial charge in [-0.15, -0.1) is 0 Å². The molecule has 0 aliphatic carbocycles. The Bertz CT molecular complexity index is 541. The van der Waals surface area contributed by atoms with Crippen molar-refractivity contribution in [1.29, 1.82) is 5.26 Å². The zero-order chi connectivity index (χ0) is 13.0. The molecule has 7 heteroatoms. The number of aromatic nitrogens is 1. The van der Waals surface area contributed by atoms with Gasteiger partial charge >= 0.3 is 0 Å². The van der Waals surface area contributed by atoms with E-state index in [2.05, 4.69) is 15.0 Å². The predicted molar refractivity (Wildman–Crippen MR) is 65.2 cm³/mol. The summed E-state index contributed by atoms with van der Waals surface area (Å²) in [6, 6.07) is 4.56. The van der Waals surface area contributed by atoms with Gasteiger partial charge in [-0.05, 0) is 31.5 Å². The van der Waals surface area contributed by atoms with Gasteiger partial charge in [-0.2, -0.15) is 5.26 Å². The van der Waals surface area contributed by atoms with Crippen molar-refractivity contribution in [2.24, 2.45) is 0 Å². The topological polar surface area (TPSA) is 94.9 Å². The van der Waals surface area contributed by atoms with E-state index < -0.39 is 10.0 Å². The van der Waals surface area contributed by atoms with Crippen molar-refractivity contribution in [1.82, 2.24) is 15.0 Å². The van der Waals surface area contributed by atoms with Crippen LogP contribution in [0.4, 0.5) is 0 Å². The SMILES string of the molecule is N#Cc1ccc(S(=O)(=O)NC2CCCNC2)cn1. The fraction of sp³-hybridized carbons (Fsp3) is 0.455. The lowest BCUT2D eigenvalue weighted by molar-refractivity contribution is 0.428. The number of hydrogen-bond acceptors (Lipinski definition) is 5. The number of nitrogens with one attached hydrogen (secondary N) is 2. The van der Waals surface area contributed by atoms with Gasteiger partial charge in [0, 0.05) is 18.8 Å². The Labute approximate surface area is 106 Å². The zero-order valence-electron chi connectivity index (χ0n) is 9.76. The van der Waals surface area contributed by atoms with Gasteiger partial charge < -0.3 is 5.32 Å². The van der Waals surface area contributed by atoms with E-state index in [0.717, 1.165) is 19.4 Å². The second kappa shape index (κ2) is 5.44. The molecule has 2 N–H and O–H groups in total. The van der Waals surface area contributed by atoms with Crippen LogP contribution < -0.4 is 10.0 Å². The van der Waals surface area contributed by atoms with Crippen LogP contribution in [0.5, 0.6) is 0 Å². The third kappa shape index (κ3) is 3.04. The molecule has 96 valence electrons. The Morgan fingerprint density at radius 2 is 2.33 bits per heavy atom. The van der Waals surface area contributed by atoms with E-state index in [-0.39, 0.29) is 16.6 Å². The highest BCUT2D eigenvalue weighted by molar-refractivity contribution is 7.89. The number of rotatable bonds is 3. The average molecular weight is 266 g/mol. The summed E-state index contributed by atoms with van der Waals surface area (Å²) < 4.78 is 26.7. The molecule has 0 spiro atoms. The summed E-state index contributed by atoms with van der Waals surface area (Å²) in [6.45, 7) is 1.57. The van der Waals surface area contributed by atoms with E-state index in [1.807, 2.05) is 6.07 Å². The number of sulfonamides is 1. The quantitative estimate of drug-likeness (QED) is 0.802. The van der Waals surface area contributed by atoms with Crippen molar-refractivity contribution in [3.63, 3.8) is 0 Å². The summed E-state index contributed by atoms with van der Waals surface area (Å²) in [7, 11) is -3.55. The number of nitrogens with zero attached hydrogens (tertiary/aromatic N) is 2. The molecule has 0 aromatic carbocycles. The normalized spacial score (nSPS) is 20.3. The van der Waals surface area contributed by atoms with E-state index in [0.29, 0.717) is 6.54 Å². The number of pyridine rings is 1. The summed E-state index contributed by atoms with van der Waals surface area (Å²) in [5.41, 5.74) is 0.202. The van der Waals surface area contributed by atoms with Gasteiger partial charge in [0.25, 0.3) is 0 Å². The molecule has 1 aliphatic rings. The van der Waals surface area contributed by atoms with Crippen LogP contribution in [-0.4, -0.2) is 32.5 Å². The molecule has 0 amide bonds. The van der Waals surface area contributed by atoms with Gasteiger partial charge in [0.15, 0.2) is 0 Å². The molecule has 1 aromatic rings. The molecular weight excluding hydrogens is 252 g/mol. The van der Waals surface area contributed by atoms with Crippen molar-refractivity contribution in [3.8, 4) is 6.07 Å². The second-order valence-electron chi connectivity index (χ2n) is 4.16. The lowest BCUT2D eigenvalue weighted by Gasteiger charge is -2.23. The van der Waals surface area contributed by atoms with Gasteiger partial charge in [0.2, 0.25) is 10.0 Å². The highest BCUT2D eigenvalue weighted by Gasteiger charge is 2.21. The van der Waals surface area contributed by atoms with Crippen LogP contribution in [0.1, 0.15) is 18.5 Å². The summed E-state index contributed by atoms with van der Waals surface area (Å²) in [6.07, 6.45) is 2.99. The predicted octanol–water partition coefficient (Wildman–Crippen LogP) is -0.0164. The molecule has 2 heterocycles. The maximum atomic E-state index is 12.0. The molecule has 18 heavy (non-hydrogen) atoms. The molecule has 0 radical (unpaired) electrons. The Morgan fingerprint density at radius 1 is 1.50 bits per heavy atom. The van der Waals surface area contributed by atoms with Crippen molar-refractivity contribution in [2.45, 2.75) is 23.8 Å². The molecule has 1 aromatic heterocycles. The van der Waals surface area contributed by atoms with Gasteiger partial charge in [-0.25, -0.2) is 18.1 Å². The van der Waals surface area contributed by atoms with Crippen LogP contribution in [-0.2, 0) is 10.0 Å². The van der Waals surface area contributed by atoms with E-state index in [9.17, 15) is 8.42 Å². The van der Waals surface area contributed by atoms with E-state index in [1.165, 1.54) is 18.3 Å². The highest BCUT2D eigenvalue weighted by atomic mass is 32.2. The van der Waals surface area contributed by atoms with Crippen LogP contribution in [0.15, 0.2) is 23.2 Å². The largest absolute Gasteiger partial charge is 0.315 e. The van der Waals surface area contributed by atoms with Crippen molar-refractivity contribution in [2.75, 3.05) is 13.1 Å². The Balaban J connectivity index is 2.12. The maximum absolute atomic E-state index is 12.0. The maximum Gasteiger partial charge on any atom is 0.242 e. The van der Waals surface area contributed by atoms with Gasteiger partial charge in [0.1, 0.15) is 16.7 Å². The standard InChI is InChI=1S/C11H14N4O2S/c12-6-9-3-4-11(8-14-9)18(16,17)15-10-2-1-5-13-7-10/h3-4,8,10,13,15H,1-2,5,7H2. The zero-order valence-corrected chi connectivity index (χ0v) is 10.6. The van der Waals surface area contributed by atoms with Crippen LogP contribution in [0.25, 0.3) is 0 Å². The first-order valence-corrected chi connectivity index (χ1v) is 7.19. The van der Waals surface area contributed by atoms with Crippen LogP contribution in [0.2, 0.25) is 0 Å². The monoisotopic (exact) mass is 266 g/mol. The lowest BCUT2D eigenvalue weighted by atomic mass is 10.1. The van der Waals surface area contributed by atoms with Crippen molar-refractivity contribution >= 4 is 10.0 Å². The van der Waals surface area contributed by atoms with E-state index in [4.69, 9.17) is 5.26 Å². The second-order valence-corrected chi connectivity index (χ2v) is 5.87. The third-order valence-electron chi connectivity index (χ3n) is 2.78. The summed E-state index contributed by atoms with van der Waals surface area (Å²) in [4.78, 5) is 3.85. The Kier molecular flexibility index (Phi) is 3.91. The molecular formula is C11H14N4O2S. The smallest absolute Gasteiger partial charge is 0.242 e. The lowest BCUT2D eigenvalue weighted by Crippen LogP contribution is -2.45. The van der Waals surface area contributed by atoms with Gasteiger partial charge in [0.05, 0.1) is 0 Å². The van der Waals surface area contributed by atoms with Crippen LogP contribution >= 0.6 is 0 Å². The molecule has 1 saturated heterocycles. The molecule has 0 bridgehead atoms. The number of hydrogen-bond donors (Lipinski definition) is 2. The molecule has 6 nitrogen and oxygen atoms in total. The Hall–Kier alpha value is -1.49. The Morgan fingerprint density at radius 3 is 2.89 bits per heavy atom. The fourth-order valence-corrected chi connectivity index (χ4v) is 3.06. The average Bonchev–Trinajstić information content (AvgIpc) is 2.39. The minimum absolute atomic E-state index is 0.0839. The first-order chi connectivity index (χ1) is 8.62. The minimum Gasteiger partial charge on any atom is -0.315 e. The van der Waals surface area contributed by atoms with E-state index in [1.54, 1.807) is 0 Å².